The van der Waals surface area contributed by atoms with Crippen molar-refractivity contribution in [1.82, 2.24) is 0 Å². The fourth-order valence-corrected chi connectivity index (χ4v) is 1.20. The van der Waals surface area contributed by atoms with Gasteiger partial charge >= 0.3 is 48.9 Å². The van der Waals surface area contributed by atoms with Gasteiger partial charge in [-0.1, -0.05) is 0 Å². The summed E-state index contributed by atoms with van der Waals surface area (Å²) in [6.45, 7) is 0. The molecule has 0 radical (unpaired) electrons. The summed E-state index contributed by atoms with van der Waals surface area (Å²) in [6.07, 6.45) is 0. The van der Waals surface area contributed by atoms with E-state index in [0.717, 1.165) is 0 Å². The predicted octanol–water partition coefficient (Wildman–Crippen LogP) is -1.69. The van der Waals surface area contributed by atoms with Crippen LogP contribution in [0.3, 0.4) is 0 Å². The molecule has 4 N–H and O–H groups in total. The van der Waals surface area contributed by atoms with E-state index in [-0.39, 0.29) is 77.0 Å². The molecule has 8 heteroatoms. The van der Waals surface area contributed by atoms with E-state index in [1.54, 1.807) is 0 Å². The molecule has 0 aliphatic heterocycles. The van der Waals surface area contributed by atoms with Crippen LogP contribution in [0, 0.1) is 0 Å². The standard InChI is InChI=1S/2C7H6O3.Ba.H2O/c2*8-6-3-1-5(2-4-6)7(9)10;;/h2*1-4,8H,(H,9,10);;1H2/q;;+2;/p-2. The first-order valence-corrected chi connectivity index (χ1v) is 5.41. The maximum absolute atomic E-state index is 10.1. The average Bonchev–Trinajstić information content (AvgIpc) is 2.40. The van der Waals surface area contributed by atoms with Crippen molar-refractivity contribution in [3.63, 3.8) is 0 Å². The number of benzene rings is 2. The van der Waals surface area contributed by atoms with Gasteiger partial charge in [-0.25, -0.2) is 0 Å². The fraction of sp³-hybridized carbons (Fsp3) is 0. The number of hydrogen-bond donors (Lipinski definition) is 2. The molecule has 0 saturated carbocycles. The van der Waals surface area contributed by atoms with Crippen molar-refractivity contribution >= 4 is 60.8 Å². The second-order valence-electron chi connectivity index (χ2n) is 3.67. The number of hydrogen-bond acceptors (Lipinski definition) is 6. The van der Waals surface area contributed by atoms with Gasteiger partial charge in [0.1, 0.15) is 11.5 Å². The minimum Gasteiger partial charge on any atom is -0.545 e. The molecule has 0 saturated heterocycles. The van der Waals surface area contributed by atoms with Crippen LogP contribution in [0.25, 0.3) is 0 Å². The zero-order valence-electron chi connectivity index (χ0n) is 11.4. The average molecular weight is 430 g/mol. The number of carbonyl (C=O) groups excluding carboxylic acids is 2. The van der Waals surface area contributed by atoms with E-state index >= 15 is 0 Å². The van der Waals surface area contributed by atoms with Crippen LogP contribution in [0.15, 0.2) is 48.5 Å². The second kappa shape index (κ2) is 11.1. The Bertz CT molecular complexity index is 538. The normalized spacial score (nSPS) is 8.36. The number of carboxylic acid groups (broad SMARTS) is 2. The second-order valence-corrected chi connectivity index (χ2v) is 3.67. The number of phenols is 2. The Kier molecular flexibility index (Phi) is 11.5. The topological polar surface area (TPSA) is 152 Å². The molecule has 0 aromatic heterocycles. The maximum Gasteiger partial charge on any atom is 2.00 e. The summed E-state index contributed by atoms with van der Waals surface area (Å²) in [4.78, 5) is 20.2. The maximum atomic E-state index is 10.1. The van der Waals surface area contributed by atoms with E-state index in [1.165, 1.54) is 48.5 Å². The number of aromatic hydroxyl groups is 2. The van der Waals surface area contributed by atoms with Gasteiger partial charge in [0.2, 0.25) is 0 Å². The third kappa shape index (κ3) is 8.08. The minimum atomic E-state index is -1.24. The van der Waals surface area contributed by atoms with E-state index in [2.05, 4.69) is 0 Å². The van der Waals surface area contributed by atoms with Crippen molar-refractivity contribution in [2.45, 2.75) is 0 Å². The van der Waals surface area contributed by atoms with Crippen LogP contribution in [-0.2, 0) is 0 Å². The number of aromatic carboxylic acids is 2. The summed E-state index contributed by atoms with van der Waals surface area (Å²) >= 11 is 0. The molecule has 0 aliphatic rings. The zero-order valence-corrected chi connectivity index (χ0v) is 15.8. The minimum absolute atomic E-state index is 0. The van der Waals surface area contributed by atoms with Gasteiger partial charge in [-0.05, 0) is 59.7 Å². The quantitative estimate of drug-likeness (QED) is 0.543. The van der Waals surface area contributed by atoms with Crippen molar-refractivity contribution in [2.75, 3.05) is 0 Å². The van der Waals surface area contributed by atoms with Gasteiger partial charge in [-0.15, -0.1) is 0 Å². The Labute approximate surface area is 166 Å². The van der Waals surface area contributed by atoms with Gasteiger partial charge in [0.05, 0.1) is 11.9 Å². The summed E-state index contributed by atoms with van der Waals surface area (Å²) in [5.74, 6) is -2.38. The molecule has 2 aromatic rings. The van der Waals surface area contributed by atoms with Crippen LogP contribution >= 0.6 is 0 Å². The molecule has 0 bridgehead atoms. The monoisotopic (exact) mass is 430 g/mol. The van der Waals surface area contributed by atoms with E-state index in [1.807, 2.05) is 0 Å². The van der Waals surface area contributed by atoms with Crippen LogP contribution < -0.4 is 10.2 Å². The first kappa shape index (κ1) is 22.8. The molecule has 0 aliphatic carbocycles. The number of phenolic OH excluding ortho intramolecular Hbond substituents is 2. The van der Waals surface area contributed by atoms with Gasteiger partial charge in [0.15, 0.2) is 0 Å². The third-order valence-corrected chi connectivity index (χ3v) is 2.21. The summed E-state index contributed by atoms with van der Waals surface area (Å²) in [5.41, 5.74) is 0.135. The predicted molar refractivity (Wildman–Crippen MR) is 74.2 cm³/mol. The molecule has 112 valence electrons. The van der Waals surface area contributed by atoms with Gasteiger partial charge in [0, 0.05) is 0 Å². The fourth-order valence-electron chi connectivity index (χ4n) is 1.20. The van der Waals surface area contributed by atoms with Crippen LogP contribution in [0.5, 0.6) is 11.5 Å². The van der Waals surface area contributed by atoms with Crippen molar-refractivity contribution in [1.29, 1.82) is 0 Å². The molecule has 2 rings (SSSR count). The van der Waals surface area contributed by atoms with Crippen LogP contribution in [0.4, 0.5) is 0 Å². The van der Waals surface area contributed by atoms with Gasteiger partial charge in [-0.2, -0.15) is 0 Å². The molecule has 0 heterocycles. The summed E-state index contributed by atoms with van der Waals surface area (Å²) < 4.78 is 0. The number of carboxylic acids is 2. The van der Waals surface area contributed by atoms with Crippen molar-refractivity contribution in [3.8, 4) is 11.5 Å². The molecule has 7 nitrogen and oxygen atoms in total. The molecular weight excluding hydrogens is 417 g/mol. The van der Waals surface area contributed by atoms with Crippen molar-refractivity contribution < 1.29 is 35.5 Å². The first-order chi connectivity index (χ1) is 9.40. The van der Waals surface area contributed by atoms with Crippen LogP contribution in [0.2, 0.25) is 0 Å². The van der Waals surface area contributed by atoms with Gasteiger partial charge < -0.3 is 35.5 Å². The summed E-state index contributed by atoms with van der Waals surface area (Å²) in [5, 5.41) is 37.7. The van der Waals surface area contributed by atoms with Crippen LogP contribution in [0.1, 0.15) is 20.7 Å². The van der Waals surface area contributed by atoms with Gasteiger partial charge in [0.25, 0.3) is 0 Å². The molecule has 0 spiro atoms. The Morgan fingerprint density at radius 1 is 0.682 bits per heavy atom. The van der Waals surface area contributed by atoms with E-state index in [9.17, 15) is 19.8 Å². The smallest absolute Gasteiger partial charge is 0.545 e. The Hall–Kier alpha value is -1.49. The SMILES string of the molecule is O.O=C([O-])c1ccc(O)cc1.O=C([O-])c1ccc(O)cc1.[Ba+2]. The van der Waals surface area contributed by atoms with Gasteiger partial charge in [-0.3, -0.25) is 0 Å². The molecule has 2 aromatic carbocycles. The molecule has 22 heavy (non-hydrogen) atoms. The summed E-state index contributed by atoms with van der Waals surface area (Å²) in [6, 6.07) is 10.3. The molecule has 0 fully saturated rings. The van der Waals surface area contributed by atoms with E-state index in [0.29, 0.717) is 0 Å². The van der Waals surface area contributed by atoms with Crippen molar-refractivity contribution in [3.05, 3.63) is 59.7 Å². The number of rotatable bonds is 2. The molecule has 0 unspecified atom stereocenters. The van der Waals surface area contributed by atoms with Crippen LogP contribution in [-0.4, -0.2) is 76.5 Å². The first-order valence-electron chi connectivity index (χ1n) is 5.41. The Morgan fingerprint density at radius 2 is 0.909 bits per heavy atom. The molecular formula is C14H12BaO7. The third-order valence-electron chi connectivity index (χ3n) is 2.21. The Morgan fingerprint density at radius 3 is 1.09 bits per heavy atom. The van der Waals surface area contributed by atoms with Crippen molar-refractivity contribution in [2.24, 2.45) is 0 Å². The number of carbonyl (C=O) groups is 2. The summed E-state index contributed by atoms with van der Waals surface area (Å²) in [7, 11) is 0. The zero-order chi connectivity index (χ0) is 15.1. The van der Waals surface area contributed by atoms with E-state index < -0.39 is 11.9 Å². The Balaban J connectivity index is 0. The van der Waals surface area contributed by atoms with E-state index in [4.69, 9.17) is 10.2 Å². The largest absolute Gasteiger partial charge is 2.00 e. The molecule has 0 amide bonds. The molecule has 0 atom stereocenters.